The molecule has 0 unspecified atom stereocenters. The van der Waals surface area contributed by atoms with Gasteiger partial charge in [-0.25, -0.2) is 0 Å². The molecule has 0 aliphatic carbocycles. The normalized spacial score (nSPS) is 11.5. The first-order valence-electron chi connectivity index (χ1n) is 4.05. The molecule has 0 aliphatic heterocycles. The molecule has 0 fully saturated rings. The summed E-state index contributed by atoms with van der Waals surface area (Å²) in [6.45, 7) is 0. The summed E-state index contributed by atoms with van der Waals surface area (Å²) in [5.41, 5.74) is 1.81. The molecule has 0 N–H and O–H groups in total. The van der Waals surface area contributed by atoms with Crippen LogP contribution in [0.5, 0.6) is 0 Å². The van der Waals surface area contributed by atoms with E-state index in [4.69, 9.17) is 31.0 Å². The number of nitrogens with zero attached hydrogens (tertiary/aromatic N) is 1. The summed E-state index contributed by atoms with van der Waals surface area (Å²) in [4.78, 5) is 4.29. The van der Waals surface area contributed by atoms with Gasteiger partial charge in [-0.2, -0.15) is 0 Å². The average molecular weight is 348 g/mol. The van der Waals surface area contributed by atoms with Crippen molar-refractivity contribution < 1.29 is 13.5 Å². The zero-order valence-electron chi connectivity index (χ0n) is 7.40. The van der Waals surface area contributed by atoms with E-state index in [9.17, 15) is 0 Å². The van der Waals surface area contributed by atoms with Gasteiger partial charge in [0.25, 0.3) is 0 Å². The first kappa shape index (κ1) is 11.5. The number of benzene rings is 1. The van der Waals surface area contributed by atoms with Gasteiger partial charge >= 0.3 is 106 Å². The monoisotopic (exact) mass is 347 g/mol. The van der Waals surface area contributed by atoms with Gasteiger partial charge in [-0.3, -0.25) is 0 Å². The summed E-state index contributed by atoms with van der Waals surface area (Å²) in [5, 5.41) is 1.62. The molecule has 15 heavy (non-hydrogen) atoms. The number of para-hydroxylation sites is 1. The number of fused-ring (bicyclic) bond motifs is 1. The molecule has 0 spiro atoms. The van der Waals surface area contributed by atoms with E-state index < -0.39 is 13.5 Å². The second-order valence-corrected chi connectivity index (χ2v) is 8.98. The molecule has 1 aromatic carbocycles. The van der Waals surface area contributed by atoms with Crippen molar-refractivity contribution in [2.75, 3.05) is 0 Å². The first-order chi connectivity index (χ1) is 7.18. The fourth-order valence-electron chi connectivity index (χ4n) is 1.33. The van der Waals surface area contributed by atoms with E-state index in [0.717, 1.165) is 16.5 Å². The van der Waals surface area contributed by atoms with Gasteiger partial charge in [-0.15, -0.1) is 0 Å². The third-order valence-corrected chi connectivity index (χ3v) is 4.10. The number of pyridine rings is 1. The van der Waals surface area contributed by atoms with Crippen LogP contribution in [0.4, 0.5) is 0 Å². The van der Waals surface area contributed by atoms with Crippen LogP contribution < -0.4 is 0 Å². The number of hydrogen-bond acceptors (Lipinski definition) is 1. The molecule has 2 aromatic rings. The summed E-state index contributed by atoms with van der Waals surface area (Å²) in [6.07, 6.45) is 1.68. The van der Waals surface area contributed by atoms with Gasteiger partial charge in [0, 0.05) is 0 Å². The van der Waals surface area contributed by atoms with Crippen molar-refractivity contribution in [3.63, 3.8) is 0 Å². The van der Waals surface area contributed by atoms with E-state index in [-0.39, 0.29) is 0 Å². The Morgan fingerprint density at radius 1 is 1.20 bits per heavy atom. The average Bonchev–Trinajstić information content (AvgIpc) is 2.19. The zero-order valence-corrected chi connectivity index (χ0v) is 11.4. The molecular weight excluding hydrogens is 342 g/mol. The van der Waals surface area contributed by atoms with Crippen molar-refractivity contribution in [1.82, 2.24) is 4.98 Å². The van der Waals surface area contributed by atoms with Gasteiger partial charge in [0.2, 0.25) is 0 Å². The molecule has 0 saturated heterocycles. The molecule has 0 atom stereocenters. The second-order valence-electron chi connectivity index (χ2n) is 2.84. The Labute approximate surface area is 105 Å². The van der Waals surface area contributed by atoms with Gasteiger partial charge in [-0.1, -0.05) is 0 Å². The molecule has 0 saturated carbocycles. The van der Waals surface area contributed by atoms with E-state index in [2.05, 4.69) is 4.98 Å². The van der Waals surface area contributed by atoms with Gasteiger partial charge in [0.05, 0.1) is 0 Å². The van der Waals surface area contributed by atoms with Crippen molar-refractivity contribution in [3.05, 3.63) is 41.0 Å². The summed E-state index contributed by atoms with van der Waals surface area (Å²) < 4.78 is 1.87. The van der Waals surface area contributed by atoms with Crippen molar-refractivity contribution in [2.45, 2.75) is 0 Å². The van der Waals surface area contributed by atoms with E-state index in [1.54, 1.807) is 12.3 Å². The minimum absolute atomic E-state index is 0.693. The van der Waals surface area contributed by atoms with Crippen LogP contribution in [0.3, 0.4) is 0 Å². The number of hydrogen-bond donors (Lipinski definition) is 0. The first-order valence-corrected chi connectivity index (χ1v) is 9.90. The summed E-state index contributed by atoms with van der Waals surface area (Å²) in [5.74, 6) is 0. The number of aromatic nitrogens is 1. The third kappa shape index (κ3) is 2.57. The minimum atomic E-state index is -1.82. The maximum absolute atomic E-state index is 6.06. The molecule has 2 rings (SSSR count). The van der Waals surface area contributed by atoms with Gasteiger partial charge < -0.3 is 0 Å². The fraction of sp³-hybridized carbons (Fsp3) is 0. The van der Waals surface area contributed by atoms with Crippen LogP contribution >= 0.6 is 31.0 Å². The van der Waals surface area contributed by atoms with Crippen molar-refractivity contribution >= 4 is 46.5 Å². The Morgan fingerprint density at radius 3 is 2.73 bits per heavy atom. The fourth-order valence-corrected chi connectivity index (χ4v) is 3.34. The predicted molar refractivity (Wildman–Crippen MR) is 63.6 cm³/mol. The molecule has 0 aliphatic rings. The molecule has 80 valence electrons. The van der Waals surface area contributed by atoms with Crippen LogP contribution in [0.2, 0.25) is 5.02 Å². The predicted octanol–water partition coefficient (Wildman–Crippen LogP) is 3.96. The van der Waals surface area contributed by atoms with Crippen molar-refractivity contribution in [1.29, 1.82) is 0 Å². The van der Waals surface area contributed by atoms with E-state index in [0.29, 0.717) is 5.02 Å². The van der Waals surface area contributed by atoms with Gasteiger partial charge in [0.15, 0.2) is 0 Å². The van der Waals surface area contributed by atoms with Crippen molar-refractivity contribution in [2.24, 2.45) is 0 Å². The summed E-state index contributed by atoms with van der Waals surface area (Å²) >= 11 is 4.23. The Kier molecular flexibility index (Phi) is 3.74. The molecular formula is C10H6Cl3NRu. The maximum atomic E-state index is 6.06. The van der Waals surface area contributed by atoms with E-state index in [1.165, 1.54) is 0 Å². The van der Waals surface area contributed by atoms with Crippen LogP contribution in [0.15, 0.2) is 30.5 Å². The van der Waals surface area contributed by atoms with Crippen LogP contribution in [-0.4, -0.2) is 9.59 Å². The third-order valence-electron chi connectivity index (χ3n) is 1.94. The number of rotatable bonds is 1. The molecule has 0 bridgehead atoms. The van der Waals surface area contributed by atoms with E-state index in [1.807, 2.05) is 22.8 Å². The van der Waals surface area contributed by atoms with Crippen LogP contribution in [-0.2, 0) is 13.5 Å². The van der Waals surface area contributed by atoms with Gasteiger partial charge in [-0.05, 0) is 0 Å². The van der Waals surface area contributed by atoms with Crippen molar-refractivity contribution in [3.8, 4) is 0 Å². The molecule has 1 nitrogen and oxygen atoms in total. The second kappa shape index (κ2) is 4.88. The van der Waals surface area contributed by atoms with Crippen LogP contribution in [0.1, 0.15) is 5.56 Å². The van der Waals surface area contributed by atoms with Crippen LogP contribution in [0, 0.1) is 0 Å². The molecule has 0 radical (unpaired) electrons. The molecule has 5 heteroatoms. The standard InChI is InChI=1S/C10H6ClN.2ClH.Ru/c1-7-3-2-4-8-9(11)5-6-12-10(7)8;;;/h1-6H;2*1H;/q;;;+2/p-2. The Morgan fingerprint density at radius 2 is 2.00 bits per heavy atom. The van der Waals surface area contributed by atoms with E-state index >= 15 is 0 Å². The Balaban J connectivity index is 2.77. The SMILES string of the molecule is Clc1ccnc2c([CH]=[Ru]([Cl])[Cl])cccc12. The molecule has 0 amide bonds. The number of halogens is 3. The summed E-state index contributed by atoms with van der Waals surface area (Å²) in [7, 11) is 11.7. The topological polar surface area (TPSA) is 12.9 Å². The molecule has 1 heterocycles. The summed E-state index contributed by atoms with van der Waals surface area (Å²) in [6, 6.07) is 7.57. The van der Waals surface area contributed by atoms with Gasteiger partial charge in [0.1, 0.15) is 0 Å². The zero-order chi connectivity index (χ0) is 10.8. The Hall–Kier alpha value is -0.00662. The quantitative estimate of drug-likeness (QED) is 0.712. The molecule has 1 aromatic heterocycles. The Bertz CT molecular complexity index is 535. The van der Waals surface area contributed by atoms with Crippen LogP contribution in [0.25, 0.3) is 10.9 Å².